The first-order valence-electron chi connectivity index (χ1n) is 4.83. The van der Waals surface area contributed by atoms with Crippen molar-refractivity contribution in [2.75, 3.05) is 11.1 Å². The molecule has 0 radical (unpaired) electrons. The van der Waals surface area contributed by atoms with Gasteiger partial charge in [0.25, 0.3) is 0 Å². The van der Waals surface area contributed by atoms with Crippen molar-refractivity contribution in [1.82, 2.24) is 0 Å². The second-order valence-corrected chi connectivity index (χ2v) is 5.31. The fourth-order valence-corrected chi connectivity index (χ4v) is 2.10. The van der Waals surface area contributed by atoms with Crippen LogP contribution in [0.3, 0.4) is 0 Å². The Morgan fingerprint density at radius 2 is 1.53 bits per heavy atom. The zero-order valence-electron chi connectivity index (χ0n) is 8.68. The van der Waals surface area contributed by atoms with Crippen LogP contribution in [0.25, 0.3) is 0 Å². The number of hydrogen-bond donors (Lipinski definition) is 2. The minimum Gasteiger partial charge on any atom is -0.397 e. The first-order valence-corrected chi connectivity index (χ1v) is 6.42. The number of halogens is 3. The molecule has 0 bridgehead atoms. The normalized spacial score (nSPS) is 10.3. The Balaban J connectivity index is 2.37. The Labute approximate surface area is 115 Å². The topological polar surface area (TPSA) is 38.0 Å². The molecule has 0 atom stereocenters. The molecule has 0 amide bonds. The predicted octanol–water partition coefficient (Wildman–Crippen LogP) is 4.68. The number of benzene rings is 2. The van der Waals surface area contributed by atoms with Crippen LogP contribution in [-0.2, 0) is 0 Å². The molecule has 0 unspecified atom stereocenters. The second-order valence-electron chi connectivity index (χ2n) is 3.48. The quantitative estimate of drug-likeness (QED) is 0.764. The second kappa shape index (κ2) is 5.06. The SMILES string of the molecule is Nc1ccc(Br)cc1Nc1cc(Br)ccc1F. The minimum atomic E-state index is -0.326. The van der Waals surface area contributed by atoms with E-state index in [9.17, 15) is 4.39 Å². The predicted molar refractivity (Wildman–Crippen MR) is 75.9 cm³/mol. The molecule has 0 aromatic heterocycles. The Hall–Kier alpha value is -1.07. The van der Waals surface area contributed by atoms with Gasteiger partial charge >= 0.3 is 0 Å². The lowest BCUT2D eigenvalue weighted by Crippen LogP contribution is -1.98. The zero-order valence-corrected chi connectivity index (χ0v) is 11.8. The van der Waals surface area contributed by atoms with E-state index in [2.05, 4.69) is 37.2 Å². The monoisotopic (exact) mass is 358 g/mol. The summed E-state index contributed by atoms with van der Waals surface area (Å²) in [7, 11) is 0. The van der Waals surface area contributed by atoms with E-state index in [4.69, 9.17) is 5.73 Å². The average molecular weight is 360 g/mol. The highest BCUT2D eigenvalue weighted by atomic mass is 79.9. The molecule has 5 heteroatoms. The summed E-state index contributed by atoms with van der Waals surface area (Å²) in [5.74, 6) is -0.326. The van der Waals surface area contributed by atoms with E-state index in [0.29, 0.717) is 17.1 Å². The summed E-state index contributed by atoms with van der Waals surface area (Å²) in [6.45, 7) is 0. The van der Waals surface area contributed by atoms with Crippen molar-refractivity contribution in [2.24, 2.45) is 0 Å². The molecule has 2 aromatic carbocycles. The molecule has 0 aliphatic carbocycles. The Kier molecular flexibility index (Phi) is 3.69. The van der Waals surface area contributed by atoms with Gasteiger partial charge in [0.15, 0.2) is 0 Å². The Morgan fingerprint density at radius 3 is 2.24 bits per heavy atom. The number of nitrogen functional groups attached to an aromatic ring is 1. The van der Waals surface area contributed by atoms with Crippen LogP contribution in [0.15, 0.2) is 45.3 Å². The van der Waals surface area contributed by atoms with Crippen LogP contribution in [0, 0.1) is 5.82 Å². The summed E-state index contributed by atoms with van der Waals surface area (Å²) < 4.78 is 15.2. The molecular formula is C12H9Br2FN2. The maximum atomic E-state index is 13.6. The summed E-state index contributed by atoms with van der Waals surface area (Å²) >= 11 is 6.64. The van der Waals surface area contributed by atoms with Gasteiger partial charge < -0.3 is 11.1 Å². The summed E-state index contributed by atoms with van der Waals surface area (Å²) in [5.41, 5.74) is 7.41. The Bertz CT molecular complexity index is 509. The molecule has 0 heterocycles. The molecule has 88 valence electrons. The van der Waals surface area contributed by atoms with E-state index in [1.54, 1.807) is 24.3 Å². The van der Waals surface area contributed by atoms with Crippen molar-refractivity contribution in [3.8, 4) is 0 Å². The van der Waals surface area contributed by atoms with Gasteiger partial charge in [0.05, 0.1) is 17.1 Å². The molecule has 0 aliphatic heterocycles. The van der Waals surface area contributed by atoms with Gasteiger partial charge in [-0.3, -0.25) is 0 Å². The smallest absolute Gasteiger partial charge is 0.146 e. The van der Waals surface area contributed by atoms with Crippen molar-refractivity contribution in [3.05, 3.63) is 51.2 Å². The average Bonchev–Trinajstić information content (AvgIpc) is 2.28. The molecule has 2 aromatic rings. The van der Waals surface area contributed by atoms with E-state index in [0.717, 1.165) is 8.95 Å². The fraction of sp³-hybridized carbons (Fsp3) is 0. The van der Waals surface area contributed by atoms with Crippen molar-refractivity contribution >= 4 is 48.9 Å². The maximum Gasteiger partial charge on any atom is 0.146 e. The van der Waals surface area contributed by atoms with Crippen LogP contribution < -0.4 is 11.1 Å². The first kappa shape index (κ1) is 12.4. The molecule has 0 fully saturated rings. The third-order valence-corrected chi connectivity index (χ3v) is 3.20. The van der Waals surface area contributed by atoms with Crippen molar-refractivity contribution in [1.29, 1.82) is 0 Å². The van der Waals surface area contributed by atoms with Gasteiger partial charge in [-0.1, -0.05) is 31.9 Å². The van der Waals surface area contributed by atoms with Crippen molar-refractivity contribution < 1.29 is 4.39 Å². The van der Waals surface area contributed by atoms with Gasteiger partial charge in [0, 0.05) is 8.95 Å². The van der Waals surface area contributed by atoms with Crippen LogP contribution in [0.5, 0.6) is 0 Å². The number of hydrogen-bond acceptors (Lipinski definition) is 2. The lowest BCUT2D eigenvalue weighted by atomic mass is 10.2. The van der Waals surface area contributed by atoms with Crippen LogP contribution in [-0.4, -0.2) is 0 Å². The molecular weight excluding hydrogens is 351 g/mol. The van der Waals surface area contributed by atoms with Gasteiger partial charge in [0.2, 0.25) is 0 Å². The van der Waals surface area contributed by atoms with E-state index < -0.39 is 0 Å². The van der Waals surface area contributed by atoms with E-state index in [1.807, 2.05) is 6.07 Å². The van der Waals surface area contributed by atoms with Gasteiger partial charge in [-0.05, 0) is 36.4 Å². The summed E-state index contributed by atoms with van der Waals surface area (Å²) in [6, 6.07) is 10.1. The van der Waals surface area contributed by atoms with E-state index in [1.165, 1.54) is 6.07 Å². The number of nitrogens with one attached hydrogen (secondary N) is 1. The molecule has 0 spiro atoms. The molecule has 3 N–H and O–H groups in total. The minimum absolute atomic E-state index is 0.326. The fourth-order valence-electron chi connectivity index (χ4n) is 1.38. The van der Waals surface area contributed by atoms with Gasteiger partial charge in [-0.15, -0.1) is 0 Å². The lowest BCUT2D eigenvalue weighted by Gasteiger charge is -2.11. The van der Waals surface area contributed by atoms with Crippen LogP contribution in [0.2, 0.25) is 0 Å². The third kappa shape index (κ3) is 2.98. The highest BCUT2D eigenvalue weighted by Crippen LogP contribution is 2.29. The largest absolute Gasteiger partial charge is 0.397 e. The third-order valence-electron chi connectivity index (χ3n) is 2.21. The summed E-state index contributed by atoms with van der Waals surface area (Å²) in [4.78, 5) is 0. The highest BCUT2D eigenvalue weighted by Gasteiger charge is 2.05. The van der Waals surface area contributed by atoms with Gasteiger partial charge in [-0.25, -0.2) is 4.39 Å². The first-order chi connectivity index (χ1) is 8.06. The standard InChI is InChI=1S/C12H9Br2FN2/c13-7-1-3-9(15)11(5-7)17-12-6-8(14)2-4-10(12)16/h1-6,17H,16H2. The molecule has 2 rings (SSSR count). The van der Waals surface area contributed by atoms with Crippen LogP contribution >= 0.6 is 31.9 Å². The molecule has 0 saturated heterocycles. The van der Waals surface area contributed by atoms with Crippen molar-refractivity contribution in [2.45, 2.75) is 0 Å². The highest BCUT2D eigenvalue weighted by molar-refractivity contribution is 9.10. The molecule has 17 heavy (non-hydrogen) atoms. The Morgan fingerprint density at radius 1 is 0.941 bits per heavy atom. The van der Waals surface area contributed by atoms with Gasteiger partial charge in [0.1, 0.15) is 5.82 Å². The van der Waals surface area contributed by atoms with E-state index in [-0.39, 0.29) is 5.82 Å². The van der Waals surface area contributed by atoms with Crippen LogP contribution in [0.4, 0.5) is 21.5 Å². The summed E-state index contributed by atoms with van der Waals surface area (Å²) in [6.07, 6.45) is 0. The number of anilines is 3. The summed E-state index contributed by atoms with van der Waals surface area (Å²) in [5, 5.41) is 2.96. The van der Waals surface area contributed by atoms with Crippen molar-refractivity contribution in [3.63, 3.8) is 0 Å². The maximum absolute atomic E-state index is 13.6. The van der Waals surface area contributed by atoms with E-state index >= 15 is 0 Å². The number of rotatable bonds is 2. The lowest BCUT2D eigenvalue weighted by molar-refractivity contribution is 0.631. The molecule has 2 nitrogen and oxygen atoms in total. The molecule has 0 aliphatic rings. The van der Waals surface area contributed by atoms with Crippen LogP contribution in [0.1, 0.15) is 0 Å². The molecule has 0 saturated carbocycles. The zero-order chi connectivity index (χ0) is 12.4. The number of nitrogens with two attached hydrogens (primary N) is 1. The van der Waals surface area contributed by atoms with Gasteiger partial charge in [-0.2, -0.15) is 0 Å².